The molecule has 2 aromatic rings. The first-order valence-electron chi connectivity index (χ1n) is 11.8. The van der Waals surface area contributed by atoms with Crippen molar-refractivity contribution in [2.75, 3.05) is 26.2 Å². The van der Waals surface area contributed by atoms with E-state index >= 15 is 0 Å². The van der Waals surface area contributed by atoms with Crippen molar-refractivity contribution in [1.82, 2.24) is 15.1 Å². The fourth-order valence-electron chi connectivity index (χ4n) is 4.97. The Kier molecular flexibility index (Phi) is 7.01. The van der Waals surface area contributed by atoms with Gasteiger partial charge in [0.1, 0.15) is 0 Å². The summed E-state index contributed by atoms with van der Waals surface area (Å²) in [6.45, 7) is 15.1. The lowest BCUT2D eigenvalue weighted by Gasteiger charge is -2.36. The van der Waals surface area contributed by atoms with Crippen LogP contribution in [0.3, 0.4) is 0 Å². The number of nitrogens with zero attached hydrogens (tertiary/aromatic N) is 2. The molecule has 3 N–H and O–H groups in total. The number of rotatable bonds is 8. The lowest BCUT2D eigenvalue weighted by atomic mass is 9.92. The molecule has 2 aromatic carbocycles. The van der Waals surface area contributed by atoms with Crippen LogP contribution in [0, 0.1) is 0 Å². The normalized spacial score (nSPS) is 16.9. The molecule has 5 nitrogen and oxygen atoms in total. The molecule has 2 aliphatic heterocycles. The van der Waals surface area contributed by atoms with Crippen LogP contribution in [0.2, 0.25) is 0 Å². The maximum atomic E-state index is 9.61. The van der Waals surface area contributed by atoms with Gasteiger partial charge >= 0.3 is 0 Å². The number of aliphatic hydroxyl groups is 2. The minimum Gasteiger partial charge on any atom is -0.392 e. The molecular weight excluding hydrogens is 398 g/mol. The average molecular weight is 436 g/mol. The van der Waals surface area contributed by atoms with Crippen molar-refractivity contribution in [2.45, 2.75) is 58.5 Å². The van der Waals surface area contributed by atoms with Gasteiger partial charge in [-0.15, -0.1) is 0 Å². The maximum absolute atomic E-state index is 9.61. The summed E-state index contributed by atoms with van der Waals surface area (Å²) in [5, 5.41) is 22.5. The van der Waals surface area contributed by atoms with E-state index in [4.69, 9.17) is 0 Å². The molecule has 0 spiro atoms. The van der Waals surface area contributed by atoms with E-state index in [1.807, 2.05) is 12.1 Å². The Balaban J connectivity index is 1.45. The molecule has 172 valence electrons. The number of aryl methyl sites for hydroxylation is 1. The lowest BCUT2D eigenvalue weighted by Crippen LogP contribution is -2.42. The zero-order valence-corrected chi connectivity index (χ0v) is 19.5. The van der Waals surface area contributed by atoms with Gasteiger partial charge in [0.2, 0.25) is 0 Å². The molecule has 1 saturated heterocycles. The second-order valence-corrected chi connectivity index (χ2v) is 9.71. The van der Waals surface area contributed by atoms with Gasteiger partial charge in [-0.25, -0.2) is 0 Å². The summed E-state index contributed by atoms with van der Waals surface area (Å²) in [5.74, 6) is 0. The lowest BCUT2D eigenvalue weighted by molar-refractivity contribution is 0.109. The molecule has 2 aliphatic rings. The third-order valence-electron chi connectivity index (χ3n) is 7.29. The number of hydrogen-bond acceptors (Lipinski definition) is 5. The Morgan fingerprint density at radius 3 is 2.50 bits per heavy atom. The number of piperazine rings is 1. The Bertz CT molecular complexity index is 963. The van der Waals surface area contributed by atoms with E-state index in [0.29, 0.717) is 0 Å². The molecule has 0 saturated carbocycles. The molecule has 0 aliphatic carbocycles. The van der Waals surface area contributed by atoms with E-state index in [9.17, 15) is 10.2 Å². The van der Waals surface area contributed by atoms with E-state index in [2.05, 4.69) is 59.8 Å². The largest absolute Gasteiger partial charge is 0.392 e. The van der Waals surface area contributed by atoms with Crippen molar-refractivity contribution in [3.63, 3.8) is 0 Å². The van der Waals surface area contributed by atoms with Gasteiger partial charge < -0.3 is 20.4 Å². The molecule has 0 unspecified atom stereocenters. The van der Waals surface area contributed by atoms with Crippen molar-refractivity contribution in [1.29, 1.82) is 0 Å². The summed E-state index contributed by atoms with van der Waals surface area (Å²) in [7, 11) is 0. The van der Waals surface area contributed by atoms with Crippen molar-refractivity contribution in [3.05, 3.63) is 76.4 Å². The fourth-order valence-corrected chi connectivity index (χ4v) is 4.97. The quantitative estimate of drug-likeness (QED) is 0.594. The monoisotopic (exact) mass is 435 g/mol. The molecule has 0 amide bonds. The highest BCUT2D eigenvalue weighted by Gasteiger charge is 2.33. The zero-order chi connectivity index (χ0) is 22.7. The second-order valence-electron chi connectivity index (χ2n) is 9.71. The highest BCUT2D eigenvalue weighted by Crippen LogP contribution is 2.36. The van der Waals surface area contributed by atoms with E-state index in [1.54, 1.807) is 0 Å². The van der Waals surface area contributed by atoms with Gasteiger partial charge in [0.25, 0.3) is 0 Å². The topological polar surface area (TPSA) is 59.0 Å². The minimum absolute atomic E-state index is 0.0325. The summed E-state index contributed by atoms with van der Waals surface area (Å²) >= 11 is 0. The van der Waals surface area contributed by atoms with E-state index in [0.717, 1.165) is 68.9 Å². The smallest absolute Gasteiger partial charge is 0.0685 e. The van der Waals surface area contributed by atoms with Crippen LogP contribution in [-0.4, -0.2) is 51.7 Å². The molecule has 4 rings (SSSR count). The molecule has 2 heterocycles. The number of nitrogens with one attached hydrogen (secondary N) is 1. The van der Waals surface area contributed by atoms with Gasteiger partial charge in [0.05, 0.1) is 13.2 Å². The van der Waals surface area contributed by atoms with E-state index in [-0.39, 0.29) is 18.8 Å². The second kappa shape index (κ2) is 9.75. The van der Waals surface area contributed by atoms with E-state index < -0.39 is 0 Å². The van der Waals surface area contributed by atoms with Gasteiger partial charge in [-0.1, -0.05) is 43.0 Å². The molecule has 0 atom stereocenters. The van der Waals surface area contributed by atoms with Crippen LogP contribution in [0.4, 0.5) is 0 Å². The molecule has 0 aromatic heterocycles. The molecule has 0 radical (unpaired) electrons. The Morgan fingerprint density at radius 2 is 1.78 bits per heavy atom. The molecule has 5 heteroatoms. The van der Waals surface area contributed by atoms with E-state index in [1.165, 1.54) is 22.3 Å². The molecular formula is C27H37N3O2. The first-order chi connectivity index (χ1) is 15.4. The summed E-state index contributed by atoms with van der Waals surface area (Å²) in [5.41, 5.74) is 8.19. The molecule has 1 fully saturated rings. The summed E-state index contributed by atoms with van der Waals surface area (Å²) < 4.78 is 0. The van der Waals surface area contributed by atoms with Crippen LogP contribution in [0.5, 0.6) is 0 Å². The van der Waals surface area contributed by atoms with Crippen molar-refractivity contribution < 1.29 is 10.2 Å². The third kappa shape index (κ3) is 4.76. The van der Waals surface area contributed by atoms with Gasteiger partial charge in [-0.3, -0.25) is 4.90 Å². The minimum atomic E-state index is -0.0334. The summed E-state index contributed by atoms with van der Waals surface area (Å²) in [6, 6.07) is 12.7. The van der Waals surface area contributed by atoms with Crippen molar-refractivity contribution in [3.8, 4) is 0 Å². The Labute approximate surface area is 192 Å². The molecule has 32 heavy (non-hydrogen) atoms. The highest BCUT2D eigenvalue weighted by atomic mass is 16.3. The van der Waals surface area contributed by atoms with Gasteiger partial charge in [-0.2, -0.15) is 0 Å². The summed E-state index contributed by atoms with van der Waals surface area (Å²) in [6.07, 6.45) is 1.97. The average Bonchev–Trinajstić information content (AvgIpc) is 3.28. The van der Waals surface area contributed by atoms with Gasteiger partial charge in [0, 0.05) is 56.1 Å². The van der Waals surface area contributed by atoms with Gasteiger partial charge in [0.15, 0.2) is 0 Å². The standard InChI is InChI=1S/C27H37N3O2/c1-20(29-13-11-28-12-14-29)25-6-4-5-22-16-30(17-26(22)25)27(2,3)10-9-21-7-8-23(18-31)24(15-21)19-32/h4-8,15,28,31-32H,1,9-14,16-19H2,2-3H3. The zero-order valence-electron chi connectivity index (χ0n) is 19.5. The molecule has 0 bridgehead atoms. The number of hydrogen-bond donors (Lipinski definition) is 3. The van der Waals surface area contributed by atoms with Crippen LogP contribution in [0.1, 0.15) is 53.6 Å². The van der Waals surface area contributed by atoms with Crippen LogP contribution >= 0.6 is 0 Å². The Hall–Kier alpha value is -2.18. The van der Waals surface area contributed by atoms with Crippen molar-refractivity contribution >= 4 is 5.70 Å². The summed E-state index contributed by atoms with van der Waals surface area (Å²) in [4.78, 5) is 5.00. The third-order valence-corrected chi connectivity index (χ3v) is 7.29. The van der Waals surface area contributed by atoms with Crippen LogP contribution < -0.4 is 5.32 Å². The van der Waals surface area contributed by atoms with Crippen LogP contribution in [0.15, 0.2) is 43.0 Å². The SMILES string of the molecule is C=C(c1cccc2c1CN(C(C)(C)CCc1ccc(CO)c(CO)c1)C2)N1CCNCC1. The van der Waals surface area contributed by atoms with Gasteiger partial charge in [-0.05, 0) is 54.5 Å². The Morgan fingerprint density at radius 1 is 1.03 bits per heavy atom. The number of aliphatic hydroxyl groups excluding tert-OH is 2. The first kappa shape index (κ1) is 23.0. The first-order valence-corrected chi connectivity index (χ1v) is 11.8. The predicted molar refractivity (Wildman–Crippen MR) is 130 cm³/mol. The van der Waals surface area contributed by atoms with Crippen LogP contribution in [0.25, 0.3) is 5.70 Å². The maximum Gasteiger partial charge on any atom is 0.0685 e. The number of fused-ring (bicyclic) bond motifs is 1. The number of benzene rings is 2. The van der Waals surface area contributed by atoms with Crippen LogP contribution in [-0.2, 0) is 32.7 Å². The predicted octanol–water partition coefficient (Wildman–Crippen LogP) is 3.27. The van der Waals surface area contributed by atoms with Crippen molar-refractivity contribution in [2.24, 2.45) is 0 Å². The fraction of sp³-hybridized carbons (Fsp3) is 0.481. The highest BCUT2D eigenvalue weighted by molar-refractivity contribution is 5.67.